The molecule has 40 heavy (non-hydrogen) atoms. The van der Waals surface area contributed by atoms with Crippen LogP contribution in [0.15, 0.2) is 54.6 Å². The van der Waals surface area contributed by atoms with Crippen molar-refractivity contribution in [3.8, 4) is 16.9 Å². The Balaban J connectivity index is 0.00000220. The standard InChI is InChI=1S/C31H34ClN3O2S.2ClH/c1-19-15-22(16-20(2)34-19)21-9-14-27(37-4)23(17-21)18-35(25-12-10-24(33-3)11-13-25)31(36)30-29(32)26-7-5-6-8-28(26)38-30;;/h5-9,14-17,24-25,33H,10-13,18H2,1-4H3;2*1H. The molecule has 1 saturated carbocycles. The first kappa shape index (κ1) is 32.2. The monoisotopic (exact) mass is 619 g/mol. The number of hydrogen-bond donors (Lipinski definition) is 1. The van der Waals surface area contributed by atoms with E-state index in [2.05, 4.69) is 34.6 Å². The molecule has 5 rings (SSSR count). The molecule has 5 nitrogen and oxygen atoms in total. The molecule has 0 spiro atoms. The maximum Gasteiger partial charge on any atom is 0.266 e. The maximum atomic E-state index is 14.2. The van der Waals surface area contributed by atoms with Gasteiger partial charge in [-0.15, -0.1) is 36.2 Å². The SMILES string of the molecule is CNC1CCC(N(Cc2cc(-c3cc(C)nc(C)c3)ccc2OC)C(=O)c2sc3ccccc3c2Cl)CC1.Cl.Cl. The molecule has 0 atom stereocenters. The first-order valence-electron chi connectivity index (χ1n) is 13.2. The number of ether oxygens (including phenoxy) is 1. The molecule has 2 aromatic heterocycles. The molecule has 0 saturated heterocycles. The van der Waals surface area contributed by atoms with Crippen molar-refractivity contribution in [1.29, 1.82) is 0 Å². The van der Waals surface area contributed by atoms with Gasteiger partial charge >= 0.3 is 0 Å². The van der Waals surface area contributed by atoms with Crippen LogP contribution in [0.2, 0.25) is 5.02 Å². The minimum absolute atomic E-state index is 0. The van der Waals surface area contributed by atoms with Gasteiger partial charge in [-0.1, -0.05) is 35.9 Å². The van der Waals surface area contributed by atoms with E-state index in [9.17, 15) is 4.79 Å². The minimum atomic E-state index is -0.00726. The Kier molecular flexibility index (Phi) is 11.3. The number of aromatic nitrogens is 1. The van der Waals surface area contributed by atoms with Crippen molar-refractivity contribution in [2.45, 2.75) is 58.2 Å². The first-order valence-corrected chi connectivity index (χ1v) is 14.3. The van der Waals surface area contributed by atoms with Crippen LogP contribution in [0.5, 0.6) is 5.75 Å². The number of rotatable bonds is 7. The van der Waals surface area contributed by atoms with E-state index in [1.54, 1.807) is 7.11 Å². The maximum absolute atomic E-state index is 14.2. The van der Waals surface area contributed by atoms with Gasteiger partial charge in [0.15, 0.2) is 0 Å². The zero-order chi connectivity index (χ0) is 26.8. The predicted molar refractivity (Wildman–Crippen MR) is 172 cm³/mol. The zero-order valence-corrected chi connectivity index (χ0v) is 26.4. The van der Waals surface area contributed by atoms with Gasteiger partial charge in [-0.2, -0.15) is 0 Å². The summed E-state index contributed by atoms with van der Waals surface area (Å²) in [5.41, 5.74) is 5.14. The summed E-state index contributed by atoms with van der Waals surface area (Å²) in [6.07, 6.45) is 3.98. The molecule has 0 bridgehead atoms. The van der Waals surface area contributed by atoms with Gasteiger partial charge in [0.1, 0.15) is 10.6 Å². The van der Waals surface area contributed by atoms with Crippen LogP contribution in [0.1, 0.15) is 52.3 Å². The van der Waals surface area contributed by atoms with Gasteiger partial charge in [0, 0.05) is 45.7 Å². The summed E-state index contributed by atoms with van der Waals surface area (Å²) in [6, 6.07) is 19.0. The fraction of sp³-hybridized carbons (Fsp3) is 0.355. The number of nitrogens with zero attached hydrogens (tertiary/aromatic N) is 2. The lowest BCUT2D eigenvalue weighted by atomic mass is 9.89. The van der Waals surface area contributed by atoms with Crippen molar-refractivity contribution < 1.29 is 9.53 Å². The summed E-state index contributed by atoms with van der Waals surface area (Å²) in [4.78, 5) is 21.4. The lowest BCUT2D eigenvalue weighted by Gasteiger charge is -2.37. The van der Waals surface area contributed by atoms with Crippen molar-refractivity contribution in [3.05, 3.63) is 81.4 Å². The Hall–Kier alpha value is -2.35. The largest absolute Gasteiger partial charge is 0.496 e. The molecule has 214 valence electrons. The van der Waals surface area contributed by atoms with Gasteiger partial charge < -0.3 is 15.0 Å². The summed E-state index contributed by atoms with van der Waals surface area (Å²) in [5.74, 6) is 0.771. The Bertz CT molecular complexity index is 1450. The van der Waals surface area contributed by atoms with Crippen LogP contribution < -0.4 is 10.1 Å². The predicted octanol–water partition coefficient (Wildman–Crippen LogP) is 8.26. The number of fused-ring (bicyclic) bond motifs is 1. The summed E-state index contributed by atoms with van der Waals surface area (Å²) < 4.78 is 6.81. The molecule has 0 radical (unpaired) electrons. The zero-order valence-electron chi connectivity index (χ0n) is 23.2. The number of aryl methyl sites for hydroxylation is 2. The highest BCUT2D eigenvalue weighted by Gasteiger charge is 2.32. The number of pyridine rings is 1. The topological polar surface area (TPSA) is 54.5 Å². The average molecular weight is 621 g/mol. The minimum Gasteiger partial charge on any atom is -0.496 e. The van der Waals surface area contributed by atoms with E-state index >= 15 is 0 Å². The lowest BCUT2D eigenvalue weighted by molar-refractivity contribution is 0.0604. The Morgan fingerprint density at radius 1 is 1.02 bits per heavy atom. The summed E-state index contributed by atoms with van der Waals surface area (Å²) in [5, 5.41) is 4.89. The fourth-order valence-electron chi connectivity index (χ4n) is 5.59. The second-order valence-electron chi connectivity index (χ2n) is 10.1. The molecule has 1 N–H and O–H groups in total. The van der Waals surface area contributed by atoms with Gasteiger partial charge in [0.05, 0.1) is 12.1 Å². The highest BCUT2D eigenvalue weighted by atomic mass is 35.5. The number of halogens is 3. The van der Waals surface area contributed by atoms with E-state index in [1.807, 2.05) is 56.1 Å². The Morgan fingerprint density at radius 2 is 1.70 bits per heavy atom. The van der Waals surface area contributed by atoms with E-state index in [-0.39, 0.29) is 36.8 Å². The molecule has 1 aliphatic rings. The Labute approximate surface area is 258 Å². The van der Waals surface area contributed by atoms with Crippen LogP contribution in [0.25, 0.3) is 21.2 Å². The highest BCUT2D eigenvalue weighted by molar-refractivity contribution is 7.21. The third kappa shape index (κ3) is 6.75. The molecule has 1 aliphatic carbocycles. The smallest absolute Gasteiger partial charge is 0.266 e. The van der Waals surface area contributed by atoms with Crippen LogP contribution in [0.4, 0.5) is 0 Å². The highest BCUT2D eigenvalue weighted by Crippen LogP contribution is 2.38. The van der Waals surface area contributed by atoms with E-state index in [4.69, 9.17) is 16.3 Å². The number of nitrogens with one attached hydrogen (secondary N) is 1. The average Bonchev–Trinajstić information content (AvgIpc) is 3.27. The molecular weight excluding hydrogens is 585 g/mol. The van der Waals surface area contributed by atoms with E-state index in [1.165, 1.54) is 11.3 Å². The number of amides is 1. The lowest BCUT2D eigenvalue weighted by Crippen LogP contribution is -2.44. The molecule has 9 heteroatoms. The number of hydrogen-bond acceptors (Lipinski definition) is 5. The molecular formula is C31H36Cl3N3O2S. The number of carbonyl (C=O) groups is 1. The molecule has 4 aromatic rings. The van der Waals surface area contributed by atoms with E-state index in [0.717, 1.165) is 69.6 Å². The molecule has 2 aromatic carbocycles. The number of thiophene rings is 1. The van der Waals surface area contributed by atoms with Crippen molar-refractivity contribution in [1.82, 2.24) is 15.2 Å². The Morgan fingerprint density at radius 3 is 2.33 bits per heavy atom. The number of carbonyl (C=O) groups excluding carboxylic acids is 1. The summed E-state index contributed by atoms with van der Waals surface area (Å²) in [7, 11) is 3.70. The first-order chi connectivity index (χ1) is 18.4. The molecule has 0 unspecified atom stereocenters. The van der Waals surface area contributed by atoms with E-state index in [0.29, 0.717) is 22.5 Å². The number of methoxy groups -OCH3 is 1. The summed E-state index contributed by atoms with van der Waals surface area (Å²) in [6.45, 7) is 4.48. The summed E-state index contributed by atoms with van der Waals surface area (Å²) >= 11 is 8.28. The molecule has 1 fully saturated rings. The van der Waals surface area contributed by atoms with E-state index < -0.39 is 0 Å². The fourth-order valence-corrected chi connectivity index (χ4v) is 7.06. The normalized spacial score (nSPS) is 16.6. The van der Waals surface area contributed by atoms with Crippen LogP contribution in [-0.4, -0.2) is 42.0 Å². The van der Waals surface area contributed by atoms with Crippen molar-refractivity contribution in [2.75, 3.05) is 14.2 Å². The van der Waals surface area contributed by atoms with Crippen LogP contribution in [0, 0.1) is 13.8 Å². The third-order valence-electron chi connectivity index (χ3n) is 7.57. The van der Waals surface area contributed by atoms with Crippen molar-refractivity contribution in [2.24, 2.45) is 0 Å². The van der Waals surface area contributed by atoms with Gasteiger partial charge in [0.25, 0.3) is 5.91 Å². The molecule has 1 amide bonds. The van der Waals surface area contributed by atoms with Gasteiger partial charge in [-0.05, 0) is 88.0 Å². The van der Waals surface area contributed by atoms with Gasteiger partial charge in [-0.25, -0.2) is 0 Å². The molecule has 2 heterocycles. The molecule has 0 aliphatic heterocycles. The third-order valence-corrected chi connectivity index (χ3v) is 9.24. The van der Waals surface area contributed by atoms with Crippen LogP contribution >= 0.6 is 47.8 Å². The van der Waals surface area contributed by atoms with Crippen molar-refractivity contribution in [3.63, 3.8) is 0 Å². The van der Waals surface area contributed by atoms with Crippen molar-refractivity contribution >= 4 is 63.7 Å². The number of benzene rings is 2. The van der Waals surface area contributed by atoms with Crippen LogP contribution in [-0.2, 0) is 6.54 Å². The van der Waals surface area contributed by atoms with Gasteiger partial charge in [0.2, 0.25) is 0 Å². The quantitative estimate of drug-likeness (QED) is 0.226. The second kappa shape index (κ2) is 14.0. The van der Waals surface area contributed by atoms with Gasteiger partial charge in [-0.3, -0.25) is 9.78 Å². The van der Waals surface area contributed by atoms with Crippen LogP contribution in [0.3, 0.4) is 0 Å². The second-order valence-corrected chi connectivity index (χ2v) is 11.6.